The molecule has 0 unspecified atom stereocenters. The number of carbonyl (C=O) groups excluding carboxylic acids is 1. The maximum atomic E-state index is 13.8. The van der Waals surface area contributed by atoms with Crippen molar-refractivity contribution < 1.29 is 27.4 Å². The monoisotopic (exact) mass is 511 g/mol. The van der Waals surface area contributed by atoms with Gasteiger partial charge in [0.25, 0.3) is 0 Å². The second-order valence-corrected chi connectivity index (χ2v) is 8.79. The molecular weight excluding hydrogens is 487 g/mol. The predicted molar refractivity (Wildman–Crippen MR) is 127 cm³/mol. The van der Waals surface area contributed by atoms with Gasteiger partial charge in [-0.2, -0.15) is 17.5 Å². The molecule has 9 heteroatoms. The van der Waals surface area contributed by atoms with Crippen LogP contribution in [0.1, 0.15) is 48.1 Å². The molecule has 0 saturated heterocycles. The third kappa shape index (κ3) is 6.10. The number of esters is 1. The minimum Gasteiger partial charge on any atom is -0.488 e. The highest BCUT2D eigenvalue weighted by molar-refractivity contribution is 7.10. The molecule has 2 aromatic carbocycles. The van der Waals surface area contributed by atoms with Crippen LogP contribution in [0.15, 0.2) is 36.4 Å². The summed E-state index contributed by atoms with van der Waals surface area (Å²) in [6, 6.07) is 10.2. The van der Waals surface area contributed by atoms with E-state index < -0.39 is 17.7 Å². The second-order valence-electron chi connectivity index (χ2n) is 7.66. The summed E-state index contributed by atoms with van der Waals surface area (Å²) < 4.78 is 56.5. The van der Waals surface area contributed by atoms with Crippen molar-refractivity contribution in [3.05, 3.63) is 69.4 Å². The van der Waals surface area contributed by atoms with Crippen molar-refractivity contribution in [2.45, 2.75) is 52.8 Å². The Kier molecular flexibility index (Phi) is 8.60. The molecule has 1 heterocycles. The van der Waals surface area contributed by atoms with Crippen molar-refractivity contribution >= 4 is 29.1 Å². The van der Waals surface area contributed by atoms with Gasteiger partial charge in [-0.15, -0.1) is 0 Å². The van der Waals surface area contributed by atoms with Crippen LogP contribution in [-0.4, -0.2) is 16.9 Å². The maximum Gasteiger partial charge on any atom is 0.416 e. The minimum atomic E-state index is -4.59. The standard InChI is InChI=1S/C25H25ClF3NO3S/c1-4-16-12-17(10-11-22(31)32-5-2)20(25(27,28)29)13-21(16)33-14-19-23(34-30-24(19)26)18-9-7-6-8-15(18)3/h6-9,12-13H,4-5,10-11,14H2,1-3H3. The van der Waals surface area contributed by atoms with Crippen molar-refractivity contribution in [3.8, 4) is 16.2 Å². The normalized spacial score (nSPS) is 11.5. The number of benzene rings is 2. The van der Waals surface area contributed by atoms with Crippen molar-refractivity contribution in [3.63, 3.8) is 0 Å². The summed E-state index contributed by atoms with van der Waals surface area (Å²) in [5.41, 5.74) is 2.44. The van der Waals surface area contributed by atoms with Gasteiger partial charge in [0, 0.05) is 12.0 Å². The smallest absolute Gasteiger partial charge is 0.416 e. The Morgan fingerprint density at radius 1 is 1.15 bits per heavy atom. The number of nitrogens with zero attached hydrogens (tertiary/aromatic N) is 1. The van der Waals surface area contributed by atoms with Gasteiger partial charge in [-0.25, -0.2) is 0 Å². The van der Waals surface area contributed by atoms with Crippen molar-refractivity contribution in [1.82, 2.24) is 4.37 Å². The van der Waals surface area contributed by atoms with Crippen LogP contribution in [0.4, 0.5) is 13.2 Å². The number of rotatable bonds is 9. The first-order valence-corrected chi connectivity index (χ1v) is 12.0. The molecular formula is C25H25ClF3NO3S. The molecule has 0 fully saturated rings. The van der Waals surface area contributed by atoms with E-state index in [2.05, 4.69) is 4.37 Å². The van der Waals surface area contributed by atoms with Gasteiger partial charge < -0.3 is 9.47 Å². The van der Waals surface area contributed by atoms with Crippen LogP contribution in [-0.2, 0) is 35.2 Å². The molecule has 182 valence electrons. The van der Waals surface area contributed by atoms with E-state index in [-0.39, 0.29) is 42.5 Å². The van der Waals surface area contributed by atoms with Crippen LogP contribution in [0.5, 0.6) is 5.75 Å². The first-order chi connectivity index (χ1) is 16.2. The zero-order valence-electron chi connectivity index (χ0n) is 19.1. The molecule has 1 aromatic heterocycles. The first kappa shape index (κ1) is 26.0. The molecule has 0 radical (unpaired) electrons. The SMILES string of the molecule is CCOC(=O)CCc1cc(CC)c(OCc2c(Cl)nsc2-c2ccccc2C)cc1C(F)(F)F. The Bertz CT molecular complexity index is 1160. The molecule has 0 bridgehead atoms. The summed E-state index contributed by atoms with van der Waals surface area (Å²) in [6.07, 6.45) is -4.34. The summed E-state index contributed by atoms with van der Waals surface area (Å²) in [7, 11) is 0. The molecule has 0 amide bonds. The zero-order chi connectivity index (χ0) is 24.9. The molecule has 0 spiro atoms. The van der Waals surface area contributed by atoms with Gasteiger partial charge in [0.1, 0.15) is 17.5 Å². The molecule has 3 aromatic rings. The molecule has 0 saturated carbocycles. The average molecular weight is 512 g/mol. The third-order valence-corrected chi connectivity index (χ3v) is 6.71. The van der Waals surface area contributed by atoms with Crippen molar-refractivity contribution in [1.29, 1.82) is 0 Å². The van der Waals surface area contributed by atoms with E-state index in [1.807, 2.05) is 38.1 Å². The number of carbonyl (C=O) groups is 1. The lowest BCUT2D eigenvalue weighted by Gasteiger charge is -2.18. The van der Waals surface area contributed by atoms with Crippen LogP contribution in [0, 0.1) is 6.92 Å². The lowest BCUT2D eigenvalue weighted by molar-refractivity contribution is -0.144. The number of hydrogen-bond acceptors (Lipinski definition) is 5. The van der Waals surface area contributed by atoms with Gasteiger partial charge in [0.15, 0.2) is 0 Å². The summed E-state index contributed by atoms with van der Waals surface area (Å²) in [5, 5.41) is 0.267. The molecule has 4 nitrogen and oxygen atoms in total. The number of hydrogen-bond donors (Lipinski definition) is 0. The fourth-order valence-corrected chi connectivity index (χ4v) is 4.81. The highest BCUT2D eigenvalue weighted by Crippen LogP contribution is 2.39. The quantitative estimate of drug-likeness (QED) is 0.280. The summed E-state index contributed by atoms with van der Waals surface area (Å²) in [4.78, 5) is 12.5. The molecule has 3 rings (SSSR count). The van der Waals surface area contributed by atoms with Gasteiger partial charge in [0.2, 0.25) is 0 Å². The van der Waals surface area contributed by atoms with Crippen LogP contribution in [0.3, 0.4) is 0 Å². The van der Waals surface area contributed by atoms with E-state index in [1.54, 1.807) is 6.92 Å². The van der Waals surface area contributed by atoms with Gasteiger partial charge in [-0.1, -0.05) is 48.9 Å². The fraction of sp³-hybridized carbons (Fsp3) is 0.360. The van der Waals surface area contributed by atoms with Crippen molar-refractivity contribution in [2.24, 2.45) is 0 Å². The van der Waals surface area contributed by atoms with Crippen LogP contribution in [0.25, 0.3) is 10.4 Å². The van der Waals surface area contributed by atoms with E-state index in [4.69, 9.17) is 21.1 Å². The topological polar surface area (TPSA) is 48.4 Å². The third-order valence-electron chi connectivity index (χ3n) is 5.38. The summed E-state index contributed by atoms with van der Waals surface area (Å²) in [5.74, 6) is -0.398. The van der Waals surface area contributed by atoms with Gasteiger partial charge in [-0.3, -0.25) is 4.79 Å². The Hall–Kier alpha value is -2.58. The Morgan fingerprint density at radius 2 is 1.88 bits per heavy atom. The Morgan fingerprint density at radius 3 is 2.53 bits per heavy atom. The Balaban J connectivity index is 1.92. The summed E-state index contributed by atoms with van der Waals surface area (Å²) >= 11 is 7.53. The zero-order valence-corrected chi connectivity index (χ0v) is 20.7. The second kappa shape index (κ2) is 11.2. The molecule has 0 atom stereocenters. The van der Waals surface area contributed by atoms with E-state index in [9.17, 15) is 18.0 Å². The number of aromatic nitrogens is 1. The first-order valence-electron chi connectivity index (χ1n) is 10.9. The largest absolute Gasteiger partial charge is 0.488 e. The molecule has 34 heavy (non-hydrogen) atoms. The van der Waals surface area contributed by atoms with E-state index in [1.165, 1.54) is 17.6 Å². The van der Waals surface area contributed by atoms with Crippen LogP contribution in [0.2, 0.25) is 5.15 Å². The molecule has 0 aliphatic rings. The fourth-order valence-electron chi connectivity index (χ4n) is 3.63. The maximum absolute atomic E-state index is 13.8. The number of ether oxygens (including phenoxy) is 2. The van der Waals surface area contributed by atoms with Gasteiger partial charge in [-0.05, 0) is 66.5 Å². The van der Waals surface area contributed by atoms with E-state index >= 15 is 0 Å². The number of aryl methyl sites for hydroxylation is 3. The lowest BCUT2D eigenvalue weighted by Crippen LogP contribution is -2.13. The van der Waals surface area contributed by atoms with Crippen LogP contribution < -0.4 is 4.74 Å². The Labute approximate surface area is 205 Å². The van der Waals surface area contributed by atoms with E-state index in [0.29, 0.717) is 17.5 Å². The van der Waals surface area contributed by atoms with E-state index in [0.717, 1.165) is 22.1 Å². The lowest BCUT2D eigenvalue weighted by atomic mass is 9.97. The highest BCUT2D eigenvalue weighted by Gasteiger charge is 2.34. The number of halogens is 4. The highest BCUT2D eigenvalue weighted by atomic mass is 35.5. The van der Waals surface area contributed by atoms with Crippen LogP contribution >= 0.6 is 23.1 Å². The van der Waals surface area contributed by atoms with Gasteiger partial charge >= 0.3 is 12.1 Å². The summed E-state index contributed by atoms with van der Waals surface area (Å²) in [6.45, 7) is 5.62. The average Bonchev–Trinajstić information content (AvgIpc) is 3.15. The molecule has 0 aliphatic carbocycles. The van der Waals surface area contributed by atoms with Crippen molar-refractivity contribution in [2.75, 3.05) is 6.61 Å². The predicted octanol–water partition coefficient (Wildman–Crippen LogP) is 7.43. The van der Waals surface area contributed by atoms with Gasteiger partial charge in [0.05, 0.1) is 17.0 Å². The number of alkyl halides is 3. The molecule has 0 N–H and O–H groups in total. The molecule has 0 aliphatic heterocycles. The minimum absolute atomic E-state index is 0.0224.